The van der Waals surface area contributed by atoms with Gasteiger partial charge in [0.2, 0.25) is 0 Å². The maximum atomic E-state index is 12.4. The molecule has 3 nitrogen and oxygen atoms in total. The SMILES string of the molecule is C[C@H](Oc1cccc2c1CCCC2)C(=O)NC[C@H](C)c1ccccc1. The number of aryl methyl sites for hydroxylation is 1. The lowest BCUT2D eigenvalue weighted by atomic mass is 9.91. The van der Waals surface area contributed by atoms with Gasteiger partial charge in [-0.05, 0) is 61.3 Å². The van der Waals surface area contributed by atoms with E-state index in [1.807, 2.05) is 37.3 Å². The van der Waals surface area contributed by atoms with E-state index in [9.17, 15) is 4.79 Å². The molecule has 0 saturated carbocycles. The van der Waals surface area contributed by atoms with E-state index in [1.54, 1.807) is 0 Å². The van der Waals surface area contributed by atoms with E-state index in [-0.39, 0.29) is 11.8 Å². The van der Waals surface area contributed by atoms with Crippen LogP contribution in [-0.2, 0) is 17.6 Å². The summed E-state index contributed by atoms with van der Waals surface area (Å²) in [5.41, 5.74) is 3.88. The summed E-state index contributed by atoms with van der Waals surface area (Å²) in [4.78, 5) is 12.4. The number of ether oxygens (including phenoxy) is 1. The third kappa shape index (κ3) is 4.41. The lowest BCUT2D eigenvalue weighted by Gasteiger charge is -2.22. The molecule has 1 N–H and O–H groups in total. The van der Waals surface area contributed by atoms with Gasteiger partial charge >= 0.3 is 0 Å². The van der Waals surface area contributed by atoms with Crippen LogP contribution >= 0.6 is 0 Å². The van der Waals surface area contributed by atoms with Crippen molar-refractivity contribution in [1.29, 1.82) is 0 Å². The van der Waals surface area contributed by atoms with Gasteiger partial charge in [0.1, 0.15) is 5.75 Å². The van der Waals surface area contributed by atoms with Crippen LogP contribution in [0.4, 0.5) is 0 Å². The van der Waals surface area contributed by atoms with Gasteiger partial charge in [-0.3, -0.25) is 4.79 Å². The highest BCUT2D eigenvalue weighted by Gasteiger charge is 2.19. The fourth-order valence-corrected chi connectivity index (χ4v) is 3.40. The number of hydrogen-bond acceptors (Lipinski definition) is 2. The van der Waals surface area contributed by atoms with Gasteiger partial charge in [0.15, 0.2) is 6.10 Å². The Morgan fingerprint density at radius 2 is 1.80 bits per heavy atom. The molecular weight excluding hydrogens is 310 g/mol. The highest BCUT2D eigenvalue weighted by Crippen LogP contribution is 2.30. The Labute approximate surface area is 150 Å². The molecule has 0 unspecified atom stereocenters. The van der Waals surface area contributed by atoms with Crippen molar-refractivity contribution < 1.29 is 9.53 Å². The zero-order valence-corrected chi connectivity index (χ0v) is 15.1. The molecule has 0 aliphatic heterocycles. The number of amides is 1. The largest absolute Gasteiger partial charge is 0.481 e. The maximum absolute atomic E-state index is 12.4. The molecule has 0 heterocycles. The van der Waals surface area contributed by atoms with Crippen LogP contribution in [0, 0.1) is 0 Å². The first-order valence-corrected chi connectivity index (χ1v) is 9.25. The third-order valence-corrected chi connectivity index (χ3v) is 4.98. The van der Waals surface area contributed by atoms with E-state index in [0.29, 0.717) is 6.54 Å². The van der Waals surface area contributed by atoms with Crippen LogP contribution in [0.5, 0.6) is 5.75 Å². The van der Waals surface area contributed by atoms with Crippen LogP contribution in [0.15, 0.2) is 48.5 Å². The summed E-state index contributed by atoms with van der Waals surface area (Å²) in [6.45, 7) is 4.56. The second kappa shape index (κ2) is 8.19. The summed E-state index contributed by atoms with van der Waals surface area (Å²) in [7, 11) is 0. The summed E-state index contributed by atoms with van der Waals surface area (Å²) in [6, 6.07) is 16.4. The summed E-state index contributed by atoms with van der Waals surface area (Å²) in [5, 5.41) is 3.02. The molecule has 0 radical (unpaired) electrons. The summed E-state index contributed by atoms with van der Waals surface area (Å²) < 4.78 is 6.00. The smallest absolute Gasteiger partial charge is 0.260 e. The van der Waals surface area contributed by atoms with Gasteiger partial charge in [0.05, 0.1) is 0 Å². The number of carbonyl (C=O) groups excluding carboxylic acids is 1. The Kier molecular flexibility index (Phi) is 5.75. The number of rotatable bonds is 6. The Balaban J connectivity index is 1.56. The average molecular weight is 337 g/mol. The predicted octanol–water partition coefficient (Wildman–Crippen LogP) is 4.25. The van der Waals surface area contributed by atoms with Crippen molar-refractivity contribution in [3.8, 4) is 5.75 Å². The Morgan fingerprint density at radius 3 is 2.60 bits per heavy atom. The van der Waals surface area contributed by atoms with Gasteiger partial charge in [-0.25, -0.2) is 0 Å². The van der Waals surface area contributed by atoms with Crippen LogP contribution < -0.4 is 10.1 Å². The molecule has 2 aromatic rings. The van der Waals surface area contributed by atoms with Crippen LogP contribution in [0.2, 0.25) is 0 Å². The number of hydrogen-bond donors (Lipinski definition) is 1. The highest BCUT2D eigenvalue weighted by atomic mass is 16.5. The molecule has 25 heavy (non-hydrogen) atoms. The number of fused-ring (bicyclic) bond motifs is 1. The highest BCUT2D eigenvalue weighted by molar-refractivity contribution is 5.80. The first-order chi connectivity index (χ1) is 12.1. The Morgan fingerprint density at radius 1 is 1.04 bits per heavy atom. The predicted molar refractivity (Wildman–Crippen MR) is 101 cm³/mol. The van der Waals surface area contributed by atoms with Gasteiger partial charge in [-0.2, -0.15) is 0 Å². The van der Waals surface area contributed by atoms with Crippen molar-refractivity contribution in [1.82, 2.24) is 5.32 Å². The fraction of sp³-hybridized carbons (Fsp3) is 0.409. The van der Waals surface area contributed by atoms with Crippen molar-refractivity contribution >= 4 is 5.91 Å². The lowest BCUT2D eigenvalue weighted by molar-refractivity contribution is -0.127. The molecule has 0 spiro atoms. The van der Waals surface area contributed by atoms with Crippen LogP contribution in [0.3, 0.4) is 0 Å². The molecule has 3 rings (SSSR count). The van der Waals surface area contributed by atoms with E-state index < -0.39 is 6.10 Å². The van der Waals surface area contributed by atoms with Gasteiger partial charge in [0, 0.05) is 6.54 Å². The number of carbonyl (C=O) groups is 1. The van der Waals surface area contributed by atoms with E-state index in [4.69, 9.17) is 4.74 Å². The minimum atomic E-state index is -0.489. The molecule has 0 fully saturated rings. The first kappa shape index (κ1) is 17.5. The topological polar surface area (TPSA) is 38.3 Å². The molecule has 1 amide bonds. The molecule has 1 aliphatic rings. The summed E-state index contributed by atoms with van der Waals surface area (Å²) in [5.74, 6) is 1.09. The van der Waals surface area contributed by atoms with Crippen molar-refractivity contribution in [2.45, 2.75) is 51.6 Å². The molecule has 132 valence electrons. The Bertz CT molecular complexity index is 711. The number of benzene rings is 2. The van der Waals surface area contributed by atoms with E-state index in [2.05, 4.69) is 30.4 Å². The minimum absolute atomic E-state index is 0.0591. The standard InChI is InChI=1S/C22H27NO2/c1-16(18-9-4-3-5-10-18)15-23-22(24)17(2)25-21-14-8-12-19-11-6-7-13-20(19)21/h3-5,8-10,12,14,16-17H,6-7,11,13,15H2,1-2H3,(H,23,24)/t16-,17-/m0/s1. The monoisotopic (exact) mass is 337 g/mol. The maximum Gasteiger partial charge on any atom is 0.260 e. The number of nitrogens with one attached hydrogen (secondary N) is 1. The summed E-state index contributed by atoms with van der Waals surface area (Å²) >= 11 is 0. The zero-order chi connectivity index (χ0) is 17.6. The van der Waals surface area contributed by atoms with Crippen molar-refractivity contribution in [2.24, 2.45) is 0 Å². The molecule has 2 atom stereocenters. The van der Waals surface area contributed by atoms with Crippen LogP contribution in [0.1, 0.15) is 49.3 Å². The summed E-state index contributed by atoms with van der Waals surface area (Å²) in [6.07, 6.45) is 4.11. The van der Waals surface area contributed by atoms with Crippen LogP contribution in [0.25, 0.3) is 0 Å². The van der Waals surface area contributed by atoms with Gasteiger partial charge in [-0.1, -0.05) is 49.4 Å². The fourth-order valence-electron chi connectivity index (χ4n) is 3.40. The van der Waals surface area contributed by atoms with Gasteiger partial charge in [0.25, 0.3) is 5.91 Å². The molecule has 1 aliphatic carbocycles. The molecular formula is C22H27NO2. The van der Waals surface area contributed by atoms with Crippen LogP contribution in [-0.4, -0.2) is 18.6 Å². The molecule has 0 saturated heterocycles. The normalized spacial score (nSPS) is 15.8. The quantitative estimate of drug-likeness (QED) is 0.855. The van der Waals surface area contributed by atoms with Crippen molar-refractivity contribution in [2.75, 3.05) is 6.54 Å². The molecule has 3 heteroatoms. The molecule has 0 aromatic heterocycles. The second-order valence-electron chi connectivity index (χ2n) is 6.92. The first-order valence-electron chi connectivity index (χ1n) is 9.25. The van der Waals surface area contributed by atoms with E-state index in [1.165, 1.54) is 29.5 Å². The van der Waals surface area contributed by atoms with Crippen molar-refractivity contribution in [3.05, 3.63) is 65.2 Å². The second-order valence-corrected chi connectivity index (χ2v) is 6.92. The van der Waals surface area contributed by atoms with Gasteiger partial charge in [-0.15, -0.1) is 0 Å². The van der Waals surface area contributed by atoms with E-state index in [0.717, 1.165) is 18.6 Å². The average Bonchev–Trinajstić information content (AvgIpc) is 2.66. The zero-order valence-electron chi connectivity index (χ0n) is 15.1. The van der Waals surface area contributed by atoms with E-state index >= 15 is 0 Å². The Hall–Kier alpha value is -2.29. The van der Waals surface area contributed by atoms with Crippen molar-refractivity contribution in [3.63, 3.8) is 0 Å². The lowest BCUT2D eigenvalue weighted by Crippen LogP contribution is -2.38. The third-order valence-electron chi connectivity index (χ3n) is 4.98. The minimum Gasteiger partial charge on any atom is -0.481 e. The molecule has 0 bridgehead atoms. The van der Waals surface area contributed by atoms with Gasteiger partial charge < -0.3 is 10.1 Å². The molecule has 2 aromatic carbocycles.